The van der Waals surface area contributed by atoms with Gasteiger partial charge in [-0.3, -0.25) is 4.89 Å². The van der Waals surface area contributed by atoms with Gasteiger partial charge < -0.3 is 5.11 Å². The molecule has 32 valence electrons. The van der Waals surface area contributed by atoms with Crippen LogP contribution in [0.3, 0.4) is 0 Å². The SMILES string of the molecule is O=C(O)OO.[NaH]. The second-order valence-corrected chi connectivity index (χ2v) is 0.357. The standard InChI is InChI=1S/CH2O4.Na.H/c2-1(3)5-4;;/h4H,(H,2,3);;. The Morgan fingerprint density at radius 3 is 1.83 bits per heavy atom. The van der Waals surface area contributed by atoms with E-state index in [0.717, 1.165) is 0 Å². The van der Waals surface area contributed by atoms with Gasteiger partial charge in [0.15, 0.2) is 0 Å². The molecule has 0 fully saturated rings. The van der Waals surface area contributed by atoms with Crippen molar-refractivity contribution in [1.29, 1.82) is 0 Å². The summed E-state index contributed by atoms with van der Waals surface area (Å²) in [5.41, 5.74) is 0. The van der Waals surface area contributed by atoms with Crippen LogP contribution in [0.25, 0.3) is 0 Å². The Hall–Kier alpha value is 0.230. The van der Waals surface area contributed by atoms with Gasteiger partial charge in [0.05, 0.1) is 0 Å². The first-order chi connectivity index (χ1) is 2.27. The number of hydrogen-bond donors (Lipinski definition) is 2. The van der Waals surface area contributed by atoms with Crippen molar-refractivity contribution >= 4 is 35.7 Å². The van der Waals surface area contributed by atoms with Crippen LogP contribution in [-0.2, 0) is 4.89 Å². The van der Waals surface area contributed by atoms with Crippen molar-refractivity contribution in [2.24, 2.45) is 0 Å². The van der Waals surface area contributed by atoms with E-state index in [1.165, 1.54) is 0 Å². The van der Waals surface area contributed by atoms with Crippen LogP contribution in [0.2, 0.25) is 0 Å². The van der Waals surface area contributed by atoms with E-state index >= 15 is 0 Å². The minimum absolute atomic E-state index is 0. The fourth-order valence-corrected chi connectivity index (χ4v) is 0. The Morgan fingerprint density at radius 1 is 1.67 bits per heavy atom. The molecule has 2 N–H and O–H groups in total. The normalized spacial score (nSPS) is 5.50. The first kappa shape index (κ1) is 9.52. The number of rotatable bonds is 0. The van der Waals surface area contributed by atoms with Gasteiger partial charge >= 0.3 is 35.7 Å². The monoisotopic (exact) mass is 102 g/mol. The summed E-state index contributed by atoms with van der Waals surface area (Å²) in [4.78, 5) is 11.6. The van der Waals surface area contributed by atoms with Gasteiger partial charge in [-0.25, -0.2) is 4.79 Å². The minimum atomic E-state index is -1.69. The summed E-state index contributed by atoms with van der Waals surface area (Å²) in [5, 5.41) is 14.3. The molecule has 0 amide bonds. The predicted molar refractivity (Wildman–Crippen MR) is 18.9 cm³/mol. The van der Waals surface area contributed by atoms with E-state index in [2.05, 4.69) is 4.89 Å². The van der Waals surface area contributed by atoms with Gasteiger partial charge in [0.25, 0.3) is 0 Å². The Balaban J connectivity index is 0. The van der Waals surface area contributed by atoms with Crippen LogP contribution >= 0.6 is 0 Å². The Labute approximate surface area is 55.9 Å². The van der Waals surface area contributed by atoms with Gasteiger partial charge in [-0.2, -0.15) is 5.26 Å². The summed E-state index contributed by atoms with van der Waals surface area (Å²) >= 11 is 0. The van der Waals surface area contributed by atoms with Crippen LogP contribution in [0.15, 0.2) is 0 Å². The zero-order valence-electron chi connectivity index (χ0n) is 2.21. The van der Waals surface area contributed by atoms with E-state index in [4.69, 9.17) is 15.2 Å². The fraction of sp³-hybridized carbons (Fsp3) is 0. The first-order valence-electron chi connectivity index (χ1n) is 0.814. The van der Waals surface area contributed by atoms with Gasteiger partial charge in [0.1, 0.15) is 0 Å². The summed E-state index contributed by atoms with van der Waals surface area (Å²) in [6.07, 6.45) is -1.69. The summed E-state index contributed by atoms with van der Waals surface area (Å²) in [7, 11) is 0. The molecule has 0 aromatic carbocycles. The molecule has 0 aliphatic carbocycles. The summed E-state index contributed by atoms with van der Waals surface area (Å²) in [6.45, 7) is 0. The van der Waals surface area contributed by atoms with E-state index in [1.807, 2.05) is 0 Å². The topological polar surface area (TPSA) is 66.8 Å². The van der Waals surface area contributed by atoms with Crippen molar-refractivity contribution in [3.63, 3.8) is 0 Å². The van der Waals surface area contributed by atoms with Crippen molar-refractivity contribution < 1.29 is 20.0 Å². The first-order valence-corrected chi connectivity index (χ1v) is 0.814. The van der Waals surface area contributed by atoms with E-state index < -0.39 is 6.16 Å². The zero-order chi connectivity index (χ0) is 4.28. The molecule has 0 saturated heterocycles. The maximum atomic E-state index is 8.90. The predicted octanol–water partition coefficient (Wildman–Crippen LogP) is -0.494. The molecule has 4 nitrogen and oxygen atoms in total. The Morgan fingerprint density at radius 2 is 1.83 bits per heavy atom. The molecule has 5 heteroatoms. The molecule has 0 bridgehead atoms. The Kier molecular flexibility index (Phi) is 8.30. The number of hydrogen-bond acceptors (Lipinski definition) is 3. The van der Waals surface area contributed by atoms with Gasteiger partial charge in [0, 0.05) is 0 Å². The van der Waals surface area contributed by atoms with Crippen LogP contribution in [-0.4, -0.2) is 46.1 Å². The van der Waals surface area contributed by atoms with Crippen molar-refractivity contribution in [3.05, 3.63) is 0 Å². The van der Waals surface area contributed by atoms with E-state index in [0.29, 0.717) is 0 Å². The average molecular weight is 102 g/mol. The van der Waals surface area contributed by atoms with Crippen LogP contribution in [0, 0.1) is 0 Å². The van der Waals surface area contributed by atoms with Crippen LogP contribution in [0.4, 0.5) is 4.79 Å². The van der Waals surface area contributed by atoms with E-state index in [9.17, 15) is 0 Å². The third kappa shape index (κ3) is 8.87. The molecule has 0 unspecified atom stereocenters. The molecule has 0 heterocycles. The van der Waals surface area contributed by atoms with Crippen LogP contribution in [0.1, 0.15) is 0 Å². The molecule has 0 radical (unpaired) electrons. The quantitative estimate of drug-likeness (QED) is 0.246. The molecule has 0 aliphatic rings. The van der Waals surface area contributed by atoms with Gasteiger partial charge in [-0.05, 0) is 0 Å². The third-order valence-electron chi connectivity index (χ3n) is 0.0781. The second kappa shape index (κ2) is 5.23. The molecule has 6 heavy (non-hydrogen) atoms. The summed E-state index contributed by atoms with van der Waals surface area (Å²) in [6, 6.07) is 0. The third-order valence-corrected chi connectivity index (χ3v) is 0.0781. The number of carbonyl (C=O) groups is 1. The molecule has 0 spiro atoms. The maximum absolute atomic E-state index is 8.90. The number of carboxylic acid groups (broad SMARTS) is 1. The van der Waals surface area contributed by atoms with Gasteiger partial charge in [-0.1, -0.05) is 0 Å². The second-order valence-electron chi connectivity index (χ2n) is 0.357. The zero-order valence-corrected chi connectivity index (χ0v) is 2.21. The van der Waals surface area contributed by atoms with E-state index in [-0.39, 0.29) is 29.6 Å². The van der Waals surface area contributed by atoms with Crippen molar-refractivity contribution in [3.8, 4) is 0 Å². The van der Waals surface area contributed by atoms with Crippen LogP contribution < -0.4 is 0 Å². The van der Waals surface area contributed by atoms with Crippen molar-refractivity contribution in [2.75, 3.05) is 0 Å². The van der Waals surface area contributed by atoms with Crippen molar-refractivity contribution in [1.82, 2.24) is 0 Å². The summed E-state index contributed by atoms with van der Waals surface area (Å²) in [5.74, 6) is 0. The molecule has 0 aliphatic heterocycles. The molecule has 0 aromatic rings. The fourth-order valence-electron chi connectivity index (χ4n) is 0. The molecule has 0 atom stereocenters. The summed E-state index contributed by atoms with van der Waals surface area (Å²) < 4.78 is 0. The molecule has 0 rings (SSSR count). The van der Waals surface area contributed by atoms with Gasteiger partial charge in [-0.15, -0.1) is 0 Å². The van der Waals surface area contributed by atoms with Gasteiger partial charge in [0.2, 0.25) is 0 Å². The molecular formula is CH3NaO4. The molecule has 0 aromatic heterocycles. The molecule has 0 saturated carbocycles. The van der Waals surface area contributed by atoms with E-state index in [1.54, 1.807) is 0 Å². The van der Waals surface area contributed by atoms with Crippen LogP contribution in [0.5, 0.6) is 0 Å². The average Bonchev–Trinajstić information content (AvgIpc) is 1.38. The molecular weight excluding hydrogens is 99.0 g/mol. The Bertz CT molecular complexity index is 42.8. The van der Waals surface area contributed by atoms with Crippen molar-refractivity contribution in [2.45, 2.75) is 0 Å².